The van der Waals surface area contributed by atoms with Gasteiger partial charge < -0.3 is 5.32 Å². The molecule has 122 valence electrons. The second kappa shape index (κ2) is 7.11. The van der Waals surface area contributed by atoms with Crippen LogP contribution in [0, 0.1) is 0 Å². The van der Waals surface area contributed by atoms with E-state index in [1.807, 2.05) is 24.3 Å². The average molecular weight is 407 g/mol. The maximum atomic E-state index is 12.3. The smallest absolute Gasteiger partial charge is 0.250 e. The molecule has 0 aliphatic carbocycles. The summed E-state index contributed by atoms with van der Waals surface area (Å²) in [6.07, 6.45) is 0. The van der Waals surface area contributed by atoms with Crippen molar-refractivity contribution in [2.75, 3.05) is 5.32 Å². The molecule has 0 aliphatic rings. The molecule has 1 aromatic heterocycles. The van der Waals surface area contributed by atoms with Crippen molar-refractivity contribution in [1.82, 2.24) is 20.2 Å². The zero-order valence-electron chi connectivity index (χ0n) is 12.6. The summed E-state index contributed by atoms with van der Waals surface area (Å²) >= 11 is 9.32. The molecule has 8 heteroatoms. The molecule has 0 saturated carbocycles. The molecule has 1 heterocycles. The average Bonchev–Trinajstić information content (AvgIpc) is 3.06. The van der Waals surface area contributed by atoms with Crippen LogP contribution >= 0.6 is 27.5 Å². The number of rotatable bonds is 4. The van der Waals surface area contributed by atoms with Crippen LogP contribution in [0.4, 0.5) is 5.69 Å². The zero-order valence-corrected chi connectivity index (χ0v) is 15.0. The number of aromatic nitrogens is 4. The lowest BCUT2D eigenvalue weighted by atomic mass is 10.2. The molecule has 24 heavy (non-hydrogen) atoms. The Balaban J connectivity index is 1.74. The SMILES string of the molecule is C[C@H](C(=O)Nc1ccc(Br)cc1)n1nnc(-c2cccc(Cl)c2)n1. The molecule has 6 nitrogen and oxygen atoms in total. The number of halogens is 2. The Labute approximate surface area is 152 Å². The number of amides is 1. The van der Waals surface area contributed by atoms with Gasteiger partial charge in [0.05, 0.1) is 0 Å². The number of nitrogens with zero attached hydrogens (tertiary/aromatic N) is 4. The highest BCUT2D eigenvalue weighted by Crippen LogP contribution is 2.20. The maximum Gasteiger partial charge on any atom is 0.250 e. The topological polar surface area (TPSA) is 72.7 Å². The second-order valence-corrected chi connectivity index (χ2v) is 6.47. The van der Waals surface area contributed by atoms with E-state index in [1.165, 1.54) is 4.80 Å². The molecule has 3 aromatic rings. The van der Waals surface area contributed by atoms with Crippen LogP contribution in [-0.2, 0) is 4.79 Å². The van der Waals surface area contributed by atoms with Gasteiger partial charge in [0, 0.05) is 20.7 Å². The summed E-state index contributed by atoms with van der Waals surface area (Å²) < 4.78 is 0.942. The van der Waals surface area contributed by atoms with Crippen LogP contribution < -0.4 is 5.32 Å². The normalized spacial score (nSPS) is 12.0. The third kappa shape index (κ3) is 3.80. The molecule has 0 radical (unpaired) electrons. The highest BCUT2D eigenvalue weighted by Gasteiger charge is 2.19. The minimum atomic E-state index is -0.603. The van der Waals surface area contributed by atoms with Crippen molar-refractivity contribution >= 4 is 39.1 Å². The Kier molecular flexibility index (Phi) is 4.92. The van der Waals surface area contributed by atoms with E-state index >= 15 is 0 Å². The number of anilines is 1. The van der Waals surface area contributed by atoms with Gasteiger partial charge >= 0.3 is 0 Å². The van der Waals surface area contributed by atoms with Crippen molar-refractivity contribution in [2.45, 2.75) is 13.0 Å². The molecular weight excluding hydrogens is 394 g/mol. The first-order valence-corrected chi connectivity index (χ1v) is 8.32. The van der Waals surface area contributed by atoms with Crippen LogP contribution in [0.5, 0.6) is 0 Å². The van der Waals surface area contributed by atoms with Crippen LogP contribution in [0.1, 0.15) is 13.0 Å². The molecule has 0 spiro atoms. The van der Waals surface area contributed by atoms with Crippen molar-refractivity contribution in [3.05, 3.63) is 58.0 Å². The van der Waals surface area contributed by atoms with Crippen LogP contribution in [0.25, 0.3) is 11.4 Å². The van der Waals surface area contributed by atoms with E-state index in [-0.39, 0.29) is 5.91 Å². The first-order chi connectivity index (χ1) is 11.5. The van der Waals surface area contributed by atoms with E-state index in [0.717, 1.165) is 10.0 Å². The summed E-state index contributed by atoms with van der Waals surface area (Å²) in [6.45, 7) is 1.71. The van der Waals surface area contributed by atoms with E-state index in [9.17, 15) is 4.79 Å². The van der Waals surface area contributed by atoms with E-state index in [4.69, 9.17) is 11.6 Å². The van der Waals surface area contributed by atoms with E-state index in [0.29, 0.717) is 16.5 Å². The van der Waals surface area contributed by atoms with Gasteiger partial charge in [0.25, 0.3) is 5.91 Å². The molecule has 0 bridgehead atoms. The summed E-state index contributed by atoms with van der Waals surface area (Å²) in [5.41, 5.74) is 1.44. The third-order valence-corrected chi connectivity index (χ3v) is 4.11. The monoisotopic (exact) mass is 405 g/mol. The van der Waals surface area contributed by atoms with Gasteiger partial charge in [-0.05, 0) is 48.5 Å². The predicted molar refractivity (Wildman–Crippen MR) is 95.7 cm³/mol. The lowest BCUT2D eigenvalue weighted by Gasteiger charge is -2.10. The van der Waals surface area contributed by atoms with Crippen molar-refractivity contribution < 1.29 is 4.79 Å². The van der Waals surface area contributed by atoms with Crippen molar-refractivity contribution in [2.24, 2.45) is 0 Å². The largest absolute Gasteiger partial charge is 0.324 e. The van der Waals surface area contributed by atoms with E-state index in [1.54, 1.807) is 31.2 Å². The number of hydrogen-bond donors (Lipinski definition) is 1. The Morgan fingerprint density at radius 1 is 1.25 bits per heavy atom. The predicted octanol–water partition coefficient (Wildman–Crippen LogP) is 3.96. The Morgan fingerprint density at radius 3 is 2.71 bits per heavy atom. The Morgan fingerprint density at radius 2 is 2.00 bits per heavy atom. The number of tetrazole rings is 1. The van der Waals surface area contributed by atoms with Gasteiger partial charge in [0.1, 0.15) is 6.04 Å². The number of nitrogens with one attached hydrogen (secondary N) is 1. The summed E-state index contributed by atoms with van der Waals surface area (Å²) in [5, 5.41) is 15.6. The summed E-state index contributed by atoms with van der Waals surface area (Å²) in [7, 11) is 0. The molecule has 3 rings (SSSR count). The highest BCUT2D eigenvalue weighted by atomic mass is 79.9. The molecular formula is C16H13BrClN5O. The van der Waals surface area contributed by atoms with Gasteiger partial charge in [-0.2, -0.15) is 4.80 Å². The second-order valence-electron chi connectivity index (χ2n) is 5.12. The highest BCUT2D eigenvalue weighted by molar-refractivity contribution is 9.10. The fourth-order valence-electron chi connectivity index (χ4n) is 2.02. The molecule has 0 fully saturated rings. The van der Waals surface area contributed by atoms with E-state index in [2.05, 4.69) is 36.7 Å². The number of carbonyl (C=O) groups excluding carboxylic acids is 1. The number of hydrogen-bond acceptors (Lipinski definition) is 4. The fraction of sp³-hybridized carbons (Fsp3) is 0.125. The lowest BCUT2D eigenvalue weighted by Crippen LogP contribution is -2.25. The van der Waals surface area contributed by atoms with Crippen LogP contribution in [0.15, 0.2) is 53.0 Å². The minimum absolute atomic E-state index is 0.229. The van der Waals surface area contributed by atoms with Crippen molar-refractivity contribution in [3.8, 4) is 11.4 Å². The van der Waals surface area contributed by atoms with Crippen LogP contribution in [0.2, 0.25) is 5.02 Å². The lowest BCUT2D eigenvalue weighted by molar-refractivity contribution is -0.119. The number of carbonyl (C=O) groups is 1. The van der Waals surface area contributed by atoms with Crippen molar-refractivity contribution in [1.29, 1.82) is 0 Å². The first-order valence-electron chi connectivity index (χ1n) is 7.15. The standard InChI is InChI=1S/C16H13BrClN5O/c1-10(16(24)19-14-7-5-12(17)6-8-14)23-21-15(20-22-23)11-3-2-4-13(18)9-11/h2-10H,1H3,(H,19,24)/t10-/m1/s1. The maximum absolute atomic E-state index is 12.3. The van der Waals surface area contributed by atoms with E-state index < -0.39 is 6.04 Å². The molecule has 0 saturated heterocycles. The van der Waals surface area contributed by atoms with Gasteiger partial charge in [-0.3, -0.25) is 4.79 Å². The molecule has 0 aliphatic heterocycles. The molecule has 1 amide bonds. The summed E-state index contributed by atoms with van der Waals surface area (Å²) in [5.74, 6) is 0.188. The number of benzene rings is 2. The van der Waals surface area contributed by atoms with Gasteiger partial charge in [0.2, 0.25) is 5.82 Å². The van der Waals surface area contributed by atoms with Crippen molar-refractivity contribution in [3.63, 3.8) is 0 Å². The Hall–Kier alpha value is -2.25. The quantitative estimate of drug-likeness (QED) is 0.712. The zero-order chi connectivity index (χ0) is 17.1. The van der Waals surface area contributed by atoms with Gasteiger partial charge in [-0.25, -0.2) is 0 Å². The molecule has 1 N–H and O–H groups in total. The first kappa shape index (κ1) is 16.6. The summed E-state index contributed by atoms with van der Waals surface area (Å²) in [6, 6.07) is 13.9. The molecule has 2 aromatic carbocycles. The van der Waals surface area contributed by atoms with Gasteiger partial charge in [-0.15, -0.1) is 10.2 Å². The molecule has 1 atom stereocenters. The van der Waals surface area contributed by atoms with Gasteiger partial charge in [-0.1, -0.05) is 39.7 Å². The Bertz CT molecular complexity index is 865. The summed E-state index contributed by atoms with van der Waals surface area (Å²) in [4.78, 5) is 13.6. The molecule has 0 unspecified atom stereocenters. The van der Waals surface area contributed by atoms with Crippen LogP contribution in [-0.4, -0.2) is 26.1 Å². The fourth-order valence-corrected chi connectivity index (χ4v) is 2.47. The van der Waals surface area contributed by atoms with Gasteiger partial charge in [0.15, 0.2) is 0 Å². The minimum Gasteiger partial charge on any atom is -0.324 e. The third-order valence-electron chi connectivity index (χ3n) is 3.35. The van der Waals surface area contributed by atoms with Crippen LogP contribution in [0.3, 0.4) is 0 Å².